The van der Waals surface area contributed by atoms with E-state index < -0.39 is 0 Å². The Labute approximate surface area is 175 Å². The van der Waals surface area contributed by atoms with Crippen molar-refractivity contribution in [1.29, 1.82) is 5.26 Å². The third-order valence-electron chi connectivity index (χ3n) is 5.33. The van der Waals surface area contributed by atoms with Crippen molar-refractivity contribution in [3.63, 3.8) is 0 Å². The number of anilines is 1. The van der Waals surface area contributed by atoms with E-state index in [9.17, 15) is 9.59 Å². The van der Waals surface area contributed by atoms with Crippen LogP contribution in [0.15, 0.2) is 42.5 Å². The van der Waals surface area contributed by atoms with Gasteiger partial charge in [-0.25, -0.2) is 0 Å². The number of nitriles is 1. The molecular formula is C23H23N3O4. The Balaban J connectivity index is 1.49. The summed E-state index contributed by atoms with van der Waals surface area (Å²) in [5.41, 5.74) is 2.17. The van der Waals surface area contributed by atoms with Gasteiger partial charge in [0.25, 0.3) is 5.91 Å². The maximum Gasteiger partial charge on any atom is 0.254 e. The molecule has 0 aliphatic carbocycles. The van der Waals surface area contributed by atoms with Crippen LogP contribution in [-0.2, 0) is 4.79 Å². The van der Waals surface area contributed by atoms with Crippen molar-refractivity contribution in [2.45, 2.75) is 31.7 Å². The maximum atomic E-state index is 13.2. The number of hydrogen-bond acceptors (Lipinski definition) is 5. The number of carbonyl (C=O) groups excluding carboxylic acids is 2. The number of ether oxygens (including phenoxy) is 2. The fraction of sp³-hybridized carbons (Fsp3) is 0.348. The lowest BCUT2D eigenvalue weighted by Gasteiger charge is -2.26. The largest absolute Gasteiger partial charge is 0.490 e. The van der Waals surface area contributed by atoms with Gasteiger partial charge in [0.1, 0.15) is 6.42 Å². The topological polar surface area (TPSA) is 91.7 Å². The van der Waals surface area contributed by atoms with Crippen LogP contribution < -0.4 is 14.8 Å². The van der Waals surface area contributed by atoms with Gasteiger partial charge in [0.2, 0.25) is 5.91 Å². The van der Waals surface area contributed by atoms with Crippen LogP contribution in [-0.4, -0.2) is 36.5 Å². The molecule has 7 heteroatoms. The smallest absolute Gasteiger partial charge is 0.254 e. The van der Waals surface area contributed by atoms with Crippen molar-refractivity contribution in [3.8, 4) is 17.6 Å². The number of rotatable bonds is 4. The molecule has 0 saturated carbocycles. The van der Waals surface area contributed by atoms with Crippen molar-refractivity contribution in [3.05, 3.63) is 53.6 Å². The first kappa shape index (κ1) is 19.8. The molecule has 7 nitrogen and oxygen atoms in total. The summed E-state index contributed by atoms with van der Waals surface area (Å²) in [6.45, 7) is 1.97. The molecule has 2 aromatic carbocycles. The van der Waals surface area contributed by atoms with Crippen LogP contribution in [0.5, 0.6) is 11.5 Å². The SMILES string of the molecule is N#CCC(=O)Nc1ccc(C(=O)N2CCCC2c2ccc3c(c2)OCCCO3)cc1. The summed E-state index contributed by atoms with van der Waals surface area (Å²) in [5, 5.41) is 11.2. The third kappa shape index (κ3) is 4.23. The van der Waals surface area contributed by atoms with Crippen LogP contribution in [0.3, 0.4) is 0 Å². The molecule has 1 atom stereocenters. The summed E-state index contributed by atoms with van der Waals surface area (Å²) in [6, 6.07) is 14.5. The lowest BCUT2D eigenvalue weighted by molar-refractivity contribution is -0.115. The number of hydrogen-bond donors (Lipinski definition) is 1. The zero-order chi connectivity index (χ0) is 20.9. The predicted molar refractivity (Wildman–Crippen MR) is 110 cm³/mol. The minimum Gasteiger partial charge on any atom is -0.490 e. The highest BCUT2D eigenvalue weighted by atomic mass is 16.5. The molecule has 30 heavy (non-hydrogen) atoms. The summed E-state index contributed by atoms with van der Waals surface area (Å²) < 4.78 is 11.5. The second kappa shape index (κ2) is 8.87. The molecule has 1 N–H and O–H groups in total. The van der Waals surface area contributed by atoms with Gasteiger partial charge in [0, 0.05) is 24.2 Å². The second-order valence-corrected chi connectivity index (χ2v) is 7.37. The summed E-state index contributed by atoms with van der Waals surface area (Å²) >= 11 is 0. The van der Waals surface area contributed by atoms with Gasteiger partial charge in [-0.3, -0.25) is 9.59 Å². The number of likely N-dealkylation sites (tertiary alicyclic amines) is 1. The summed E-state index contributed by atoms with van der Waals surface area (Å²) in [6.07, 6.45) is 2.48. The second-order valence-electron chi connectivity index (χ2n) is 7.37. The van der Waals surface area contributed by atoms with Crippen molar-refractivity contribution in [2.75, 3.05) is 25.1 Å². The number of nitrogens with one attached hydrogen (secondary N) is 1. The minimum absolute atomic E-state index is 0.00957. The Morgan fingerprint density at radius 2 is 1.83 bits per heavy atom. The lowest BCUT2D eigenvalue weighted by Crippen LogP contribution is -2.30. The van der Waals surface area contributed by atoms with E-state index in [1.54, 1.807) is 24.3 Å². The molecule has 2 aliphatic rings. The van der Waals surface area contributed by atoms with Crippen molar-refractivity contribution in [1.82, 2.24) is 4.90 Å². The van der Waals surface area contributed by atoms with Gasteiger partial charge in [0.05, 0.1) is 25.3 Å². The molecule has 0 spiro atoms. The highest BCUT2D eigenvalue weighted by Crippen LogP contribution is 2.38. The number of fused-ring (bicyclic) bond motifs is 1. The standard InChI is InChI=1S/C23H23N3O4/c24-11-10-22(27)25-18-7-4-16(5-8-18)23(28)26-12-1-3-19(26)17-6-9-20-21(15-17)30-14-2-13-29-20/h4-9,15,19H,1-3,10,12-14H2,(H,25,27). The molecule has 4 rings (SSSR count). The Morgan fingerprint density at radius 1 is 1.07 bits per heavy atom. The maximum absolute atomic E-state index is 13.2. The Morgan fingerprint density at radius 3 is 2.60 bits per heavy atom. The monoisotopic (exact) mass is 405 g/mol. The highest BCUT2D eigenvalue weighted by Gasteiger charge is 2.31. The number of nitrogens with zero attached hydrogens (tertiary/aromatic N) is 2. The van der Waals surface area contributed by atoms with Crippen molar-refractivity contribution >= 4 is 17.5 Å². The first-order valence-electron chi connectivity index (χ1n) is 10.1. The van der Waals surface area contributed by atoms with E-state index in [4.69, 9.17) is 14.7 Å². The first-order chi connectivity index (χ1) is 14.7. The Bertz CT molecular complexity index is 981. The van der Waals surface area contributed by atoms with E-state index in [1.165, 1.54) is 0 Å². The highest BCUT2D eigenvalue weighted by molar-refractivity contribution is 5.96. The van der Waals surface area contributed by atoms with Crippen LogP contribution in [0.4, 0.5) is 5.69 Å². The van der Waals surface area contributed by atoms with E-state index in [2.05, 4.69) is 5.32 Å². The van der Waals surface area contributed by atoms with Crippen molar-refractivity contribution < 1.29 is 19.1 Å². The van der Waals surface area contributed by atoms with Gasteiger partial charge in [-0.1, -0.05) is 6.07 Å². The van der Waals surface area contributed by atoms with Crippen molar-refractivity contribution in [2.24, 2.45) is 0 Å². The molecule has 1 fully saturated rings. The van der Waals surface area contributed by atoms with Gasteiger partial charge >= 0.3 is 0 Å². The fourth-order valence-corrected chi connectivity index (χ4v) is 3.88. The molecule has 154 valence electrons. The van der Waals surface area contributed by atoms with Crippen LogP contribution in [0.25, 0.3) is 0 Å². The molecule has 2 heterocycles. The average Bonchev–Trinajstić information content (AvgIpc) is 3.12. The molecule has 2 aromatic rings. The third-order valence-corrected chi connectivity index (χ3v) is 5.33. The van der Waals surface area contributed by atoms with Gasteiger partial charge in [0.15, 0.2) is 11.5 Å². The molecular weight excluding hydrogens is 382 g/mol. The van der Waals surface area contributed by atoms with Crippen LogP contribution >= 0.6 is 0 Å². The zero-order valence-corrected chi connectivity index (χ0v) is 16.6. The average molecular weight is 405 g/mol. The first-order valence-corrected chi connectivity index (χ1v) is 10.1. The number of amides is 2. The summed E-state index contributed by atoms with van der Waals surface area (Å²) in [7, 11) is 0. The van der Waals surface area contributed by atoms with E-state index >= 15 is 0 Å². The molecule has 1 unspecified atom stereocenters. The van der Waals surface area contributed by atoms with Crippen LogP contribution in [0.1, 0.15) is 47.6 Å². The number of benzene rings is 2. The quantitative estimate of drug-likeness (QED) is 0.838. The summed E-state index contributed by atoms with van der Waals surface area (Å²) in [5.74, 6) is 1.08. The summed E-state index contributed by atoms with van der Waals surface area (Å²) in [4.78, 5) is 26.6. The van der Waals surface area contributed by atoms with E-state index in [1.807, 2.05) is 29.2 Å². The molecule has 0 bridgehead atoms. The number of carbonyl (C=O) groups is 2. The van der Waals surface area contributed by atoms with Crippen LogP contribution in [0.2, 0.25) is 0 Å². The van der Waals surface area contributed by atoms with E-state index in [0.717, 1.165) is 36.3 Å². The minimum atomic E-state index is -0.370. The molecule has 2 amide bonds. The lowest BCUT2D eigenvalue weighted by atomic mass is 10.0. The van der Waals surface area contributed by atoms with E-state index in [0.29, 0.717) is 31.0 Å². The fourth-order valence-electron chi connectivity index (χ4n) is 3.88. The van der Waals surface area contributed by atoms with Gasteiger partial charge in [-0.2, -0.15) is 5.26 Å². The molecule has 0 radical (unpaired) electrons. The zero-order valence-electron chi connectivity index (χ0n) is 16.6. The molecule has 1 saturated heterocycles. The Hall–Kier alpha value is -3.53. The van der Waals surface area contributed by atoms with Crippen LogP contribution in [0, 0.1) is 11.3 Å². The van der Waals surface area contributed by atoms with Gasteiger partial charge < -0.3 is 19.7 Å². The normalized spacial score (nSPS) is 17.7. The van der Waals surface area contributed by atoms with Gasteiger partial charge in [-0.05, 0) is 54.8 Å². The predicted octanol–water partition coefficient (Wildman–Crippen LogP) is 3.68. The van der Waals surface area contributed by atoms with E-state index in [-0.39, 0.29) is 24.3 Å². The van der Waals surface area contributed by atoms with Gasteiger partial charge in [-0.15, -0.1) is 0 Å². The molecule has 0 aromatic heterocycles. The Kier molecular flexibility index (Phi) is 5.84. The molecule has 2 aliphatic heterocycles.